The first-order chi connectivity index (χ1) is 10.5. The SMILES string of the molecule is CCN(CC)Cc1cccc(CNC(=O)[C@@H](N)CC(C)C)c1. The highest BCUT2D eigenvalue weighted by Crippen LogP contribution is 2.09. The Balaban J connectivity index is 2.54. The first-order valence-corrected chi connectivity index (χ1v) is 8.29. The number of rotatable bonds is 9. The summed E-state index contributed by atoms with van der Waals surface area (Å²) in [6, 6.07) is 7.97. The molecule has 0 aliphatic carbocycles. The van der Waals surface area contributed by atoms with Crippen LogP contribution in [-0.2, 0) is 17.9 Å². The molecule has 4 heteroatoms. The Labute approximate surface area is 135 Å². The van der Waals surface area contributed by atoms with Crippen LogP contribution in [0, 0.1) is 5.92 Å². The van der Waals surface area contributed by atoms with Gasteiger partial charge in [0.15, 0.2) is 0 Å². The van der Waals surface area contributed by atoms with Crippen molar-refractivity contribution in [2.75, 3.05) is 13.1 Å². The highest BCUT2D eigenvalue weighted by atomic mass is 16.2. The van der Waals surface area contributed by atoms with Gasteiger partial charge < -0.3 is 11.1 Å². The van der Waals surface area contributed by atoms with Crippen LogP contribution in [-0.4, -0.2) is 29.9 Å². The van der Waals surface area contributed by atoms with Gasteiger partial charge in [0, 0.05) is 13.1 Å². The molecule has 1 amide bonds. The van der Waals surface area contributed by atoms with Crippen molar-refractivity contribution in [1.29, 1.82) is 0 Å². The van der Waals surface area contributed by atoms with Crippen molar-refractivity contribution in [3.05, 3.63) is 35.4 Å². The third-order valence-corrected chi connectivity index (χ3v) is 3.82. The molecule has 0 aliphatic heterocycles. The van der Waals surface area contributed by atoms with Gasteiger partial charge in [-0.25, -0.2) is 0 Å². The number of nitrogens with two attached hydrogens (primary N) is 1. The molecule has 3 N–H and O–H groups in total. The molecule has 0 spiro atoms. The van der Waals surface area contributed by atoms with Gasteiger partial charge in [0.05, 0.1) is 6.04 Å². The van der Waals surface area contributed by atoms with Crippen molar-refractivity contribution in [2.45, 2.75) is 53.2 Å². The third kappa shape index (κ3) is 6.58. The van der Waals surface area contributed by atoms with Gasteiger partial charge in [0.25, 0.3) is 0 Å². The monoisotopic (exact) mass is 305 g/mol. The predicted molar refractivity (Wildman–Crippen MR) is 92.3 cm³/mol. The second-order valence-corrected chi connectivity index (χ2v) is 6.24. The number of benzene rings is 1. The van der Waals surface area contributed by atoms with Gasteiger partial charge in [-0.05, 0) is 36.6 Å². The highest BCUT2D eigenvalue weighted by molar-refractivity contribution is 5.81. The van der Waals surface area contributed by atoms with Crippen molar-refractivity contribution in [3.8, 4) is 0 Å². The molecule has 22 heavy (non-hydrogen) atoms. The summed E-state index contributed by atoms with van der Waals surface area (Å²) < 4.78 is 0. The fraction of sp³-hybridized carbons (Fsp3) is 0.611. The second-order valence-electron chi connectivity index (χ2n) is 6.24. The van der Waals surface area contributed by atoms with E-state index in [9.17, 15) is 4.79 Å². The van der Waals surface area contributed by atoms with E-state index in [1.807, 2.05) is 12.1 Å². The zero-order valence-electron chi connectivity index (χ0n) is 14.4. The van der Waals surface area contributed by atoms with Crippen LogP contribution < -0.4 is 11.1 Å². The number of nitrogens with zero attached hydrogens (tertiary/aromatic N) is 1. The molecule has 0 heterocycles. The van der Waals surface area contributed by atoms with Crippen LogP contribution in [0.4, 0.5) is 0 Å². The van der Waals surface area contributed by atoms with Gasteiger partial charge >= 0.3 is 0 Å². The molecule has 0 aromatic heterocycles. The average molecular weight is 305 g/mol. The van der Waals surface area contributed by atoms with E-state index < -0.39 is 6.04 Å². The van der Waals surface area contributed by atoms with Crippen LogP contribution in [0.25, 0.3) is 0 Å². The molecule has 4 nitrogen and oxygen atoms in total. The minimum absolute atomic E-state index is 0.0668. The van der Waals surface area contributed by atoms with Crippen LogP contribution in [0.5, 0.6) is 0 Å². The van der Waals surface area contributed by atoms with E-state index in [2.05, 4.69) is 50.0 Å². The fourth-order valence-electron chi connectivity index (χ4n) is 2.48. The summed E-state index contributed by atoms with van der Waals surface area (Å²) in [6.45, 7) is 12.1. The van der Waals surface area contributed by atoms with Crippen molar-refractivity contribution >= 4 is 5.91 Å². The predicted octanol–water partition coefficient (Wildman–Crippen LogP) is 2.52. The van der Waals surface area contributed by atoms with Gasteiger partial charge in [-0.3, -0.25) is 9.69 Å². The summed E-state index contributed by atoms with van der Waals surface area (Å²) in [6.07, 6.45) is 0.716. The Morgan fingerprint density at radius 2 is 1.86 bits per heavy atom. The van der Waals surface area contributed by atoms with E-state index in [1.54, 1.807) is 0 Å². The normalized spacial score (nSPS) is 12.7. The molecule has 1 rings (SSSR count). The Morgan fingerprint density at radius 1 is 1.23 bits per heavy atom. The van der Waals surface area contributed by atoms with E-state index in [-0.39, 0.29) is 5.91 Å². The number of amides is 1. The summed E-state index contributed by atoms with van der Waals surface area (Å²) in [7, 11) is 0. The lowest BCUT2D eigenvalue weighted by Gasteiger charge is -2.18. The van der Waals surface area contributed by atoms with Crippen LogP contribution in [0.2, 0.25) is 0 Å². The Hall–Kier alpha value is -1.39. The molecule has 0 fully saturated rings. The minimum Gasteiger partial charge on any atom is -0.351 e. The van der Waals surface area contributed by atoms with E-state index in [4.69, 9.17) is 5.73 Å². The molecule has 0 saturated heterocycles. The topological polar surface area (TPSA) is 58.4 Å². The molecule has 0 aliphatic rings. The van der Waals surface area contributed by atoms with Gasteiger partial charge in [-0.2, -0.15) is 0 Å². The third-order valence-electron chi connectivity index (χ3n) is 3.82. The molecule has 0 saturated carbocycles. The minimum atomic E-state index is -0.418. The molecular formula is C18H31N3O. The quantitative estimate of drug-likeness (QED) is 0.737. The summed E-state index contributed by atoms with van der Waals surface area (Å²) in [5, 5.41) is 2.94. The Kier molecular flexibility index (Phi) is 8.13. The second kappa shape index (κ2) is 9.59. The van der Waals surface area contributed by atoms with Gasteiger partial charge in [-0.15, -0.1) is 0 Å². The van der Waals surface area contributed by atoms with E-state index in [0.29, 0.717) is 18.9 Å². The lowest BCUT2D eigenvalue weighted by molar-refractivity contribution is -0.122. The molecule has 0 radical (unpaired) electrons. The first kappa shape index (κ1) is 18.7. The standard InChI is InChI=1S/C18H31N3O/c1-5-21(6-2)13-16-9-7-8-15(11-16)12-20-18(22)17(19)10-14(3)4/h7-9,11,14,17H,5-6,10,12-13,19H2,1-4H3,(H,20,22)/t17-/m0/s1. The van der Waals surface area contributed by atoms with Crippen LogP contribution in [0.1, 0.15) is 45.2 Å². The summed E-state index contributed by atoms with van der Waals surface area (Å²) in [4.78, 5) is 14.3. The Morgan fingerprint density at radius 3 is 2.45 bits per heavy atom. The molecule has 124 valence electrons. The number of hydrogen-bond acceptors (Lipinski definition) is 3. The zero-order chi connectivity index (χ0) is 16.5. The lowest BCUT2D eigenvalue weighted by atomic mass is 10.0. The molecular weight excluding hydrogens is 274 g/mol. The van der Waals surface area contributed by atoms with Crippen molar-refractivity contribution in [1.82, 2.24) is 10.2 Å². The van der Waals surface area contributed by atoms with Crippen molar-refractivity contribution in [3.63, 3.8) is 0 Å². The number of carbonyl (C=O) groups is 1. The molecule has 0 bridgehead atoms. The summed E-state index contributed by atoms with van der Waals surface area (Å²) >= 11 is 0. The zero-order valence-corrected chi connectivity index (χ0v) is 14.4. The molecule has 1 aromatic rings. The van der Waals surface area contributed by atoms with E-state index >= 15 is 0 Å². The van der Waals surface area contributed by atoms with Gasteiger partial charge in [0.2, 0.25) is 5.91 Å². The average Bonchev–Trinajstić information content (AvgIpc) is 2.50. The van der Waals surface area contributed by atoms with E-state index in [1.165, 1.54) is 5.56 Å². The van der Waals surface area contributed by atoms with Crippen LogP contribution >= 0.6 is 0 Å². The fourth-order valence-corrected chi connectivity index (χ4v) is 2.48. The first-order valence-electron chi connectivity index (χ1n) is 8.29. The maximum atomic E-state index is 12.0. The van der Waals surface area contributed by atoms with Gasteiger partial charge in [-0.1, -0.05) is 52.0 Å². The maximum absolute atomic E-state index is 12.0. The lowest BCUT2D eigenvalue weighted by Crippen LogP contribution is -2.41. The van der Waals surface area contributed by atoms with Crippen LogP contribution in [0.3, 0.4) is 0 Å². The Bertz CT molecular complexity index is 455. The van der Waals surface area contributed by atoms with Crippen LogP contribution in [0.15, 0.2) is 24.3 Å². The maximum Gasteiger partial charge on any atom is 0.237 e. The molecule has 1 aromatic carbocycles. The summed E-state index contributed by atoms with van der Waals surface area (Å²) in [5.74, 6) is 0.362. The molecule has 0 unspecified atom stereocenters. The highest BCUT2D eigenvalue weighted by Gasteiger charge is 2.14. The molecule has 1 atom stereocenters. The number of carbonyl (C=O) groups excluding carboxylic acids is 1. The number of hydrogen-bond donors (Lipinski definition) is 2. The van der Waals surface area contributed by atoms with E-state index in [0.717, 1.165) is 25.2 Å². The van der Waals surface area contributed by atoms with Gasteiger partial charge in [0.1, 0.15) is 0 Å². The number of nitrogens with one attached hydrogen (secondary N) is 1. The van der Waals surface area contributed by atoms with Crippen molar-refractivity contribution in [2.24, 2.45) is 11.7 Å². The summed E-state index contributed by atoms with van der Waals surface area (Å²) in [5.41, 5.74) is 8.30. The largest absolute Gasteiger partial charge is 0.351 e. The van der Waals surface area contributed by atoms with Crippen molar-refractivity contribution < 1.29 is 4.79 Å². The smallest absolute Gasteiger partial charge is 0.237 e.